The second-order valence-corrected chi connectivity index (χ2v) is 6.89. The van der Waals surface area contributed by atoms with Gasteiger partial charge in [-0.25, -0.2) is 0 Å². The molecule has 2 heterocycles. The van der Waals surface area contributed by atoms with Gasteiger partial charge in [0, 0.05) is 30.1 Å². The molecule has 3 rings (SSSR count). The average Bonchev–Trinajstić information content (AvgIpc) is 3.07. The number of hydrogen-bond acceptors (Lipinski definition) is 5. The van der Waals surface area contributed by atoms with Crippen LogP contribution in [0.5, 0.6) is 5.75 Å². The maximum Gasteiger partial charge on any atom is 0.288 e. The molecular weight excluding hydrogens is 358 g/mol. The molecule has 0 saturated carbocycles. The predicted molar refractivity (Wildman–Crippen MR) is 96.7 cm³/mol. The highest BCUT2D eigenvalue weighted by Crippen LogP contribution is 2.36. The number of aromatic hydroxyl groups is 1. The largest absolute Gasteiger partial charge is 0.508 e. The smallest absolute Gasteiger partial charge is 0.288 e. The summed E-state index contributed by atoms with van der Waals surface area (Å²) < 4.78 is 0. The summed E-state index contributed by atoms with van der Waals surface area (Å²) in [6.07, 6.45) is 1.84. The van der Waals surface area contributed by atoms with E-state index < -0.39 is 4.92 Å². The number of carbonyl (C=O) groups excluding carboxylic acids is 1. The van der Waals surface area contributed by atoms with Crippen LogP contribution in [0.2, 0.25) is 5.02 Å². The summed E-state index contributed by atoms with van der Waals surface area (Å²) in [4.78, 5) is 28.8. The van der Waals surface area contributed by atoms with Crippen molar-refractivity contribution in [2.45, 2.75) is 26.2 Å². The van der Waals surface area contributed by atoms with Crippen LogP contribution in [0.25, 0.3) is 0 Å². The fraction of sp³-hybridized carbons (Fsp3) is 0.333. The van der Waals surface area contributed by atoms with Crippen molar-refractivity contribution < 1.29 is 14.8 Å². The van der Waals surface area contributed by atoms with Crippen molar-refractivity contribution in [3.05, 3.63) is 61.9 Å². The number of amides is 1. The van der Waals surface area contributed by atoms with E-state index in [2.05, 4.69) is 4.98 Å². The number of pyridine rings is 1. The Hall–Kier alpha value is -2.67. The molecule has 1 amide bonds. The van der Waals surface area contributed by atoms with Gasteiger partial charge in [0.05, 0.1) is 16.2 Å². The Balaban J connectivity index is 1.83. The predicted octanol–water partition coefficient (Wildman–Crippen LogP) is 3.60. The number of nitro groups is 1. The quantitative estimate of drug-likeness (QED) is 0.653. The van der Waals surface area contributed by atoms with Crippen LogP contribution >= 0.6 is 11.6 Å². The number of rotatable bonds is 3. The molecule has 1 fully saturated rings. The molecule has 0 radical (unpaired) electrons. The van der Waals surface area contributed by atoms with Crippen LogP contribution in [0, 0.1) is 24.0 Å². The van der Waals surface area contributed by atoms with E-state index in [-0.39, 0.29) is 28.8 Å². The first-order chi connectivity index (χ1) is 12.3. The Kier molecular flexibility index (Phi) is 4.82. The third kappa shape index (κ3) is 3.35. The zero-order chi connectivity index (χ0) is 19.0. The first-order valence-electron chi connectivity index (χ1n) is 8.17. The van der Waals surface area contributed by atoms with Gasteiger partial charge < -0.3 is 10.0 Å². The highest BCUT2D eigenvalue weighted by atomic mass is 35.5. The molecule has 1 saturated heterocycles. The number of aromatic nitrogens is 1. The zero-order valence-corrected chi connectivity index (χ0v) is 15.2. The van der Waals surface area contributed by atoms with Gasteiger partial charge in [-0.15, -0.1) is 0 Å². The van der Waals surface area contributed by atoms with E-state index in [1.807, 2.05) is 13.0 Å². The first-order valence-corrected chi connectivity index (χ1v) is 8.55. The molecule has 0 spiro atoms. The Bertz CT molecular complexity index is 900. The highest BCUT2D eigenvalue weighted by Gasteiger charge is 2.31. The molecule has 1 aromatic carbocycles. The summed E-state index contributed by atoms with van der Waals surface area (Å²) in [6, 6.07) is 4.63. The number of hydrogen-bond donors (Lipinski definition) is 1. The summed E-state index contributed by atoms with van der Waals surface area (Å²) in [6.45, 7) is 4.45. The zero-order valence-electron chi connectivity index (χ0n) is 14.4. The molecule has 1 N–H and O–H groups in total. The van der Waals surface area contributed by atoms with E-state index in [0.29, 0.717) is 30.2 Å². The highest BCUT2D eigenvalue weighted by molar-refractivity contribution is 6.31. The molecule has 1 atom stereocenters. The Morgan fingerprint density at radius 2 is 2.12 bits per heavy atom. The minimum absolute atomic E-state index is 0.0121. The van der Waals surface area contributed by atoms with E-state index in [1.54, 1.807) is 11.8 Å². The van der Waals surface area contributed by atoms with Crippen LogP contribution in [0.3, 0.4) is 0 Å². The van der Waals surface area contributed by atoms with Gasteiger partial charge in [-0.2, -0.15) is 0 Å². The van der Waals surface area contributed by atoms with Gasteiger partial charge in [0.2, 0.25) is 0 Å². The number of nitrogens with zero attached hydrogens (tertiary/aromatic N) is 3. The van der Waals surface area contributed by atoms with Crippen molar-refractivity contribution in [3.63, 3.8) is 0 Å². The summed E-state index contributed by atoms with van der Waals surface area (Å²) in [5.74, 6) is -0.179. The molecule has 1 aromatic heterocycles. The molecule has 8 heteroatoms. The van der Waals surface area contributed by atoms with Gasteiger partial charge in [-0.3, -0.25) is 19.9 Å². The van der Waals surface area contributed by atoms with Crippen molar-refractivity contribution in [3.8, 4) is 5.75 Å². The molecule has 0 bridgehead atoms. The van der Waals surface area contributed by atoms with Crippen molar-refractivity contribution in [1.29, 1.82) is 0 Å². The van der Waals surface area contributed by atoms with Crippen molar-refractivity contribution in [2.75, 3.05) is 13.1 Å². The SMILES string of the molecule is Cc1cc(C2CCN(C(=O)c3cc([N+](=O)[O-])cnc3C)C2)c(O)cc1Cl. The summed E-state index contributed by atoms with van der Waals surface area (Å²) in [7, 11) is 0. The number of phenolic OH excluding ortho intramolecular Hbond substituents is 1. The summed E-state index contributed by atoms with van der Waals surface area (Å²) in [5.41, 5.74) is 2.10. The van der Waals surface area contributed by atoms with Gasteiger partial charge >= 0.3 is 0 Å². The topological polar surface area (TPSA) is 96.6 Å². The van der Waals surface area contributed by atoms with Crippen LogP contribution in [0.1, 0.15) is 39.5 Å². The molecule has 1 unspecified atom stereocenters. The summed E-state index contributed by atoms with van der Waals surface area (Å²) >= 11 is 6.02. The number of aryl methyl sites for hydroxylation is 2. The molecule has 2 aromatic rings. The van der Waals surface area contributed by atoms with E-state index in [0.717, 1.165) is 17.3 Å². The number of carbonyl (C=O) groups is 1. The maximum absolute atomic E-state index is 12.8. The monoisotopic (exact) mass is 375 g/mol. The lowest BCUT2D eigenvalue weighted by Crippen LogP contribution is -2.29. The molecule has 1 aliphatic rings. The van der Waals surface area contributed by atoms with Crippen LogP contribution < -0.4 is 0 Å². The van der Waals surface area contributed by atoms with Crippen molar-refractivity contribution in [2.24, 2.45) is 0 Å². The third-order valence-electron chi connectivity index (χ3n) is 4.74. The number of benzene rings is 1. The fourth-order valence-electron chi connectivity index (χ4n) is 3.23. The van der Waals surface area contributed by atoms with Crippen LogP contribution in [-0.2, 0) is 0 Å². The lowest BCUT2D eigenvalue weighted by Gasteiger charge is -2.18. The first kappa shape index (κ1) is 18.1. The Morgan fingerprint density at radius 1 is 1.38 bits per heavy atom. The van der Waals surface area contributed by atoms with Crippen LogP contribution in [0.15, 0.2) is 24.4 Å². The Labute approximate surface area is 155 Å². The standard InChI is InChI=1S/C18H18ClN3O4/c1-10-5-15(17(23)7-16(10)19)12-3-4-21(9-12)18(24)14-6-13(22(25)26)8-20-11(14)2/h5-8,12,23H,3-4,9H2,1-2H3. The summed E-state index contributed by atoms with van der Waals surface area (Å²) in [5, 5.41) is 21.6. The average molecular weight is 376 g/mol. The van der Waals surface area contributed by atoms with E-state index in [1.165, 1.54) is 12.1 Å². The maximum atomic E-state index is 12.8. The van der Waals surface area contributed by atoms with E-state index >= 15 is 0 Å². The van der Waals surface area contributed by atoms with Crippen LogP contribution in [-0.4, -0.2) is 38.9 Å². The van der Waals surface area contributed by atoms with E-state index in [4.69, 9.17) is 11.6 Å². The van der Waals surface area contributed by atoms with Gasteiger partial charge in [-0.1, -0.05) is 17.7 Å². The normalized spacial score (nSPS) is 16.7. The van der Waals surface area contributed by atoms with Gasteiger partial charge in [0.15, 0.2) is 0 Å². The van der Waals surface area contributed by atoms with Crippen LogP contribution in [0.4, 0.5) is 5.69 Å². The lowest BCUT2D eigenvalue weighted by atomic mass is 9.96. The minimum Gasteiger partial charge on any atom is -0.508 e. The van der Waals surface area contributed by atoms with Crippen molar-refractivity contribution >= 4 is 23.2 Å². The van der Waals surface area contributed by atoms with Gasteiger partial charge in [0.25, 0.3) is 11.6 Å². The number of likely N-dealkylation sites (tertiary alicyclic amines) is 1. The number of phenols is 1. The molecular formula is C18H18ClN3O4. The Morgan fingerprint density at radius 3 is 2.81 bits per heavy atom. The molecule has 136 valence electrons. The lowest BCUT2D eigenvalue weighted by molar-refractivity contribution is -0.385. The van der Waals surface area contributed by atoms with Gasteiger partial charge in [-0.05, 0) is 37.5 Å². The van der Waals surface area contributed by atoms with E-state index in [9.17, 15) is 20.0 Å². The third-order valence-corrected chi connectivity index (χ3v) is 5.14. The molecule has 1 aliphatic heterocycles. The second kappa shape index (κ2) is 6.92. The molecule has 26 heavy (non-hydrogen) atoms. The second-order valence-electron chi connectivity index (χ2n) is 6.48. The van der Waals surface area contributed by atoms with Crippen molar-refractivity contribution in [1.82, 2.24) is 9.88 Å². The minimum atomic E-state index is -0.565. The van der Waals surface area contributed by atoms with Gasteiger partial charge in [0.1, 0.15) is 11.9 Å². The molecule has 7 nitrogen and oxygen atoms in total. The molecule has 0 aliphatic carbocycles. The fourth-order valence-corrected chi connectivity index (χ4v) is 3.39. The number of halogens is 1.